The minimum Gasteiger partial charge on any atom is -0.400 e. The average molecular weight is 179 g/mol. The van der Waals surface area contributed by atoms with E-state index >= 15 is 0 Å². The summed E-state index contributed by atoms with van der Waals surface area (Å²) >= 11 is 0. The Bertz CT molecular complexity index is 59.2. The van der Waals surface area contributed by atoms with Gasteiger partial charge in [0.05, 0.1) is 0 Å². The van der Waals surface area contributed by atoms with E-state index in [2.05, 4.69) is 6.92 Å². The van der Waals surface area contributed by atoms with Gasteiger partial charge in [0.25, 0.3) is 0 Å². The largest absolute Gasteiger partial charge is 0.400 e. The summed E-state index contributed by atoms with van der Waals surface area (Å²) in [5, 5.41) is 0. The minimum absolute atomic E-state index is 0.333. The lowest BCUT2D eigenvalue weighted by atomic mass is 10.5. The van der Waals surface area contributed by atoms with Crippen molar-refractivity contribution in [1.82, 2.24) is 0 Å². The van der Waals surface area contributed by atoms with Crippen molar-refractivity contribution in [2.75, 3.05) is 14.2 Å². The molecule has 0 fully saturated rings. The predicted octanol–water partition coefficient (Wildman–Crippen LogP) is 0.873. The third-order valence-electron chi connectivity index (χ3n) is 0.859. The second-order valence-electron chi connectivity index (χ2n) is 2.55. The SMILES string of the molecule is CC(C)N.CC[SiH](OC)OC. The van der Waals surface area contributed by atoms with Gasteiger partial charge in [-0.2, -0.15) is 0 Å². The van der Waals surface area contributed by atoms with Crippen LogP contribution in [0.25, 0.3) is 0 Å². The fourth-order valence-corrected chi connectivity index (χ4v) is 1.29. The molecule has 0 saturated heterocycles. The Hall–Kier alpha value is 0.0969. The summed E-state index contributed by atoms with van der Waals surface area (Å²) in [5.41, 5.74) is 5.11. The van der Waals surface area contributed by atoms with E-state index in [-0.39, 0.29) is 0 Å². The second-order valence-corrected chi connectivity index (χ2v) is 5.17. The molecule has 0 bridgehead atoms. The molecule has 0 amide bonds. The molecule has 3 nitrogen and oxygen atoms in total. The molecule has 0 aromatic heterocycles. The zero-order valence-corrected chi connectivity index (χ0v) is 9.41. The molecule has 0 aliphatic rings. The summed E-state index contributed by atoms with van der Waals surface area (Å²) in [6.45, 7) is 5.96. The highest BCUT2D eigenvalue weighted by atomic mass is 28.3. The molecule has 2 N–H and O–H groups in total. The molecule has 0 saturated carbocycles. The van der Waals surface area contributed by atoms with Crippen LogP contribution >= 0.6 is 0 Å². The van der Waals surface area contributed by atoms with Crippen LogP contribution in [0.2, 0.25) is 6.04 Å². The molecule has 0 rings (SSSR count). The van der Waals surface area contributed by atoms with Gasteiger partial charge in [0.15, 0.2) is 0 Å². The van der Waals surface area contributed by atoms with Gasteiger partial charge in [-0.15, -0.1) is 0 Å². The quantitative estimate of drug-likeness (QED) is 0.654. The summed E-state index contributed by atoms with van der Waals surface area (Å²) < 4.78 is 9.93. The van der Waals surface area contributed by atoms with Crippen molar-refractivity contribution in [2.24, 2.45) is 5.73 Å². The van der Waals surface area contributed by atoms with Crippen molar-refractivity contribution in [3.05, 3.63) is 0 Å². The van der Waals surface area contributed by atoms with Crippen molar-refractivity contribution in [3.8, 4) is 0 Å². The number of rotatable bonds is 3. The number of hydrogen-bond acceptors (Lipinski definition) is 3. The van der Waals surface area contributed by atoms with Gasteiger partial charge in [-0.1, -0.05) is 20.8 Å². The lowest BCUT2D eigenvalue weighted by Crippen LogP contribution is -2.16. The van der Waals surface area contributed by atoms with E-state index in [0.717, 1.165) is 6.04 Å². The molecule has 0 aliphatic carbocycles. The molecule has 0 aliphatic heterocycles. The first-order valence-electron chi connectivity index (χ1n) is 3.89. The van der Waals surface area contributed by atoms with Crippen LogP contribution in [0.15, 0.2) is 0 Å². The zero-order valence-electron chi connectivity index (χ0n) is 8.26. The molecule has 0 unspecified atom stereocenters. The Morgan fingerprint density at radius 2 is 1.55 bits per heavy atom. The molecular weight excluding hydrogens is 158 g/mol. The van der Waals surface area contributed by atoms with E-state index in [0.29, 0.717) is 6.04 Å². The third-order valence-corrected chi connectivity index (χ3v) is 2.58. The van der Waals surface area contributed by atoms with Crippen LogP contribution in [0.4, 0.5) is 0 Å². The fraction of sp³-hybridized carbons (Fsp3) is 1.00. The van der Waals surface area contributed by atoms with Gasteiger partial charge in [0.1, 0.15) is 0 Å². The highest BCUT2D eigenvalue weighted by Gasteiger charge is 2.02. The molecule has 0 aromatic rings. The molecule has 4 heteroatoms. The molecule has 0 spiro atoms. The highest BCUT2D eigenvalue weighted by molar-refractivity contribution is 6.44. The Labute approximate surface area is 71.7 Å². The van der Waals surface area contributed by atoms with E-state index in [9.17, 15) is 0 Å². The zero-order chi connectivity index (χ0) is 9.28. The van der Waals surface area contributed by atoms with Gasteiger partial charge in [-0.3, -0.25) is 0 Å². The van der Waals surface area contributed by atoms with E-state index < -0.39 is 9.28 Å². The molecule has 70 valence electrons. The lowest BCUT2D eigenvalue weighted by Gasteiger charge is -2.05. The Morgan fingerprint density at radius 3 is 1.55 bits per heavy atom. The van der Waals surface area contributed by atoms with Crippen LogP contribution < -0.4 is 5.73 Å². The highest BCUT2D eigenvalue weighted by Crippen LogP contribution is 1.89. The van der Waals surface area contributed by atoms with Crippen LogP contribution in [0.5, 0.6) is 0 Å². The summed E-state index contributed by atoms with van der Waals surface area (Å²) in [4.78, 5) is 0. The van der Waals surface area contributed by atoms with Gasteiger partial charge in [0.2, 0.25) is 0 Å². The smallest absolute Gasteiger partial charge is 0.320 e. The number of nitrogens with two attached hydrogens (primary N) is 1. The van der Waals surface area contributed by atoms with E-state index in [1.165, 1.54) is 0 Å². The van der Waals surface area contributed by atoms with Gasteiger partial charge in [-0.25, -0.2) is 0 Å². The molecule has 0 atom stereocenters. The molecule has 0 aromatic carbocycles. The maximum absolute atomic E-state index is 5.11. The summed E-state index contributed by atoms with van der Waals surface area (Å²) in [7, 11) is 2.23. The first-order chi connectivity index (χ1) is 5.08. The Kier molecular flexibility index (Phi) is 12.5. The maximum atomic E-state index is 5.11. The van der Waals surface area contributed by atoms with Crippen LogP contribution in [-0.2, 0) is 8.85 Å². The molecule has 11 heavy (non-hydrogen) atoms. The van der Waals surface area contributed by atoms with Crippen LogP contribution in [0.1, 0.15) is 20.8 Å². The molecular formula is C7H21NO2Si. The van der Waals surface area contributed by atoms with Crippen molar-refractivity contribution in [2.45, 2.75) is 32.9 Å². The first kappa shape index (κ1) is 13.7. The van der Waals surface area contributed by atoms with Crippen molar-refractivity contribution in [1.29, 1.82) is 0 Å². The Balaban J connectivity index is 0. The van der Waals surface area contributed by atoms with Crippen molar-refractivity contribution in [3.63, 3.8) is 0 Å². The standard InChI is InChI=1S/C4H12O2Si.C3H9N/c1-4-7(5-2)6-3;1-3(2)4/h7H,4H2,1-3H3;3H,4H2,1-2H3. The van der Waals surface area contributed by atoms with Gasteiger partial charge < -0.3 is 14.6 Å². The monoisotopic (exact) mass is 179 g/mol. The second kappa shape index (κ2) is 10.1. The summed E-state index contributed by atoms with van der Waals surface area (Å²) in [5.74, 6) is 0. The van der Waals surface area contributed by atoms with Crippen LogP contribution in [0, 0.1) is 0 Å². The molecule has 0 radical (unpaired) electrons. The van der Waals surface area contributed by atoms with Crippen molar-refractivity contribution >= 4 is 9.28 Å². The topological polar surface area (TPSA) is 44.5 Å². The van der Waals surface area contributed by atoms with Gasteiger partial charge in [-0.05, 0) is 12.1 Å². The Morgan fingerprint density at radius 1 is 1.27 bits per heavy atom. The van der Waals surface area contributed by atoms with E-state index in [1.807, 2.05) is 13.8 Å². The summed E-state index contributed by atoms with van der Waals surface area (Å²) in [6, 6.07) is 1.38. The van der Waals surface area contributed by atoms with E-state index in [4.69, 9.17) is 14.6 Å². The minimum atomic E-state index is -1.17. The van der Waals surface area contributed by atoms with Gasteiger partial charge in [0, 0.05) is 14.2 Å². The van der Waals surface area contributed by atoms with E-state index in [1.54, 1.807) is 14.2 Å². The lowest BCUT2D eigenvalue weighted by molar-refractivity contribution is 0.279. The summed E-state index contributed by atoms with van der Waals surface area (Å²) in [6.07, 6.45) is 0. The molecule has 0 heterocycles. The fourth-order valence-electron chi connectivity index (χ4n) is 0.430. The van der Waals surface area contributed by atoms with Crippen LogP contribution in [0.3, 0.4) is 0 Å². The van der Waals surface area contributed by atoms with Crippen LogP contribution in [-0.4, -0.2) is 29.5 Å². The number of hydrogen-bond donors (Lipinski definition) is 1. The first-order valence-corrected chi connectivity index (χ1v) is 5.65. The maximum Gasteiger partial charge on any atom is 0.320 e. The third kappa shape index (κ3) is 17.8. The normalized spacial score (nSPS) is 9.82. The predicted molar refractivity (Wildman–Crippen MR) is 51.0 cm³/mol. The van der Waals surface area contributed by atoms with Crippen molar-refractivity contribution < 1.29 is 8.85 Å². The average Bonchev–Trinajstić information content (AvgIpc) is 1.90. The van der Waals surface area contributed by atoms with Gasteiger partial charge >= 0.3 is 9.28 Å².